The van der Waals surface area contributed by atoms with Crippen molar-refractivity contribution in [2.24, 2.45) is 5.73 Å². The van der Waals surface area contributed by atoms with Gasteiger partial charge >= 0.3 is 0 Å². The van der Waals surface area contributed by atoms with Gasteiger partial charge in [0, 0.05) is 17.5 Å². The molecule has 1 heterocycles. The lowest BCUT2D eigenvalue weighted by Crippen LogP contribution is -2.25. The molecule has 0 unspecified atom stereocenters. The van der Waals surface area contributed by atoms with Crippen molar-refractivity contribution in [1.29, 1.82) is 0 Å². The molecule has 0 radical (unpaired) electrons. The predicted molar refractivity (Wildman–Crippen MR) is 58.4 cm³/mol. The summed E-state index contributed by atoms with van der Waals surface area (Å²) in [5.74, 6) is 0. The lowest BCUT2D eigenvalue weighted by Gasteiger charge is -2.04. The van der Waals surface area contributed by atoms with Gasteiger partial charge in [0.05, 0.1) is 5.69 Å². The van der Waals surface area contributed by atoms with Crippen molar-refractivity contribution in [3.05, 3.63) is 10.6 Å². The summed E-state index contributed by atoms with van der Waals surface area (Å²) in [4.78, 5) is 5.76. The van der Waals surface area contributed by atoms with E-state index in [2.05, 4.69) is 17.2 Å². The molecule has 13 heavy (non-hydrogen) atoms. The first-order chi connectivity index (χ1) is 6.13. The number of thiazole rings is 1. The van der Waals surface area contributed by atoms with E-state index in [0.717, 1.165) is 23.8 Å². The highest BCUT2D eigenvalue weighted by atomic mass is 32.1. The van der Waals surface area contributed by atoms with Crippen molar-refractivity contribution in [2.45, 2.75) is 33.2 Å². The number of nitrogens with one attached hydrogen (secondary N) is 1. The third kappa shape index (κ3) is 2.97. The van der Waals surface area contributed by atoms with Crippen molar-refractivity contribution in [3.8, 4) is 0 Å². The number of nitrogens with two attached hydrogens (primary N) is 1. The summed E-state index contributed by atoms with van der Waals surface area (Å²) in [6, 6.07) is 0.175. The molecular weight excluding hydrogens is 182 g/mol. The highest BCUT2D eigenvalue weighted by molar-refractivity contribution is 7.15. The van der Waals surface area contributed by atoms with Gasteiger partial charge in [-0.1, -0.05) is 6.92 Å². The quantitative estimate of drug-likeness (QED) is 0.777. The molecule has 0 aliphatic heterocycles. The lowest BCUT2D eigenvalue weighted by atomic mass is 10.3. The number of hydrogen-bond acceptors (Lipinski definition) is 4. The smallest absolute Gasteiger partial charge is 0.183 e. The fourth-order valence-electron chi connectivity index (χ4n) is 1.08. The maximum absolute atomic E-state index is 5.63. The molecule has 0 aromatic carbocycles. The molecule has 74 valence electrons. The average Bonchev–Trinajstić information content (AvgIpc) is 2.43. The molecule has 4 heteroatoms. The van der Waals surface area contributed by atoms with Crippen LogP contribution in [0.3, 0.4) is 0 Å². The fraction of sp³-hybridized carbons (Fsp3) is 0.667. The summed E-state index contributed by atoms with van der Waals surface area (Å²) in [6.45, 7) is 6.96. The number of nitrogens with zero attached hydrogens (tertiary/aromatic N) is 1. The monoisotopic (exact) mass is 199 g/mol. The van der Waals surface area contributed by atoms with Crippen LogP contribution in [0.25, 0.3) is 0 Å². The maximum Gasteiger partial charge on any atom is 0.183 e. The molecule has 0 spiro atoms. The Hall–Kier alpha value is -0.610. The molecule has 3 nitrogen and oxygen atoms in total. The van der Waals surface area contributed by atoms with Gasteiger partial charge in [0.1, 0.15) is 0 Å². The summed E-state index contributed by atoms with van der Waals surface area (Å²) in [5.41, 5.74) is 6.77. The van der Waals surface area contributed by atoms with Crippen molar-refractivity contribution >= 4 is 16.5 Å². The highest BCUT2D eigenvalue weighted by Crippen LogP contribution is 2.22. The average molecular weight is 199 g/mol. The van der Waals surface area contributed by atoms with Crippen molar-refractivity contribution < 1.29 is 0 Å². The van der Waals surface area contributed by atoms with E-state index in [9.17, 15) is 0 Å². The van der Waals surface area contributed by atoms with Gasteiger partial charge < -0.3 is 11.1 Å². The van der Waals surface area contributed by atoms with Gasteiger partial charge in [-0.15, -0.1) is 11.3 Å². The molecule has 0 saturated carbocycles. The third-order valence-corrected chi connectivity index (χ3v) is 3.05. The molecule has 1 rings (SSSR count). The number of hydrogen-bond donors (Lipinski definition) is 2. The minimum Gasteiger partial charge on any atom is -0.360 e. The van der Waals surface area contributed by atoms with Crippen LogP contribution in [-0.4, -0.2) is 17.6 Å². The van der Waals surface area contributed by atoms with Crippen LogP contribution in [-0.2, 0) is 6.42 Å². The zero-order chi connectivity index (χ0) is 9.84. The van der Waals surface area contributed by atoms with E-state index in [0.29, 0.717) is 0 Å². The lowest BCUT2D eigenvalue weighted by molar-refractivity contribution is 0.779. The number of aromatic nitrogens is 1. The molecule has 0 aliphatic carbocycles. The predicted octanol–water partition coefficient (Wildman–Crippen LogP) is 1.77. The molecular formula is C9H17N3S. The van der Waals surface area contributed by atoms with Crippen LogP contribution >= 0.6 is 11.3 Å². The summed E-state index contributed by atoms with van der Waals surface area (Å²) < 4.78 is 0. The van der Waals surface area contributed by atoms with E-state index in [1.54, 1.807) is 11.3 Å². The van der Waals surface area contributed by atoms with Crippen LogP contribution in [0.4, 0.5) is 5.13 Å². The van der Waals surface area contributed by atoms with Crippen molar-refractivity contribution in [1.82, 2.24) is 4.98 Å². The first-order valence-corrected chi connectivity index (χ1v) is 5.41. The molecule has 1 aromatic heterocycles. The number of anilines is 1. The van der Waals surface area contributed by atoms with Gasteiger partial charge in [0.2, 0.25) is 0 Å². The highest BCUT2D eigenvalue weighted by Gasteiger charge is 2.05. The minimum atomic E-state index is 0.175. The van der Waals surface area contributed by atoms with Gasteiger partial charge in [-0.3, -0.25) is 0 Å². The van der Waals surface area contributed by atoms with E-state index in [1.165, 1.54) is 4.88 Å². The Bertz CT molecular complexity index is 268. The molecule has 0 bridgehead atoms. The Balaban J connectivity index is 2.57. The summed E-state index contributed by atoms with van der Waals surface area (Å²) in [5, 5.41) is 4.21. The molecule has 0 fully saturated rings. The topological polar surface area (TPSA) is 50.9 Å². The second kappa shape index (κ2) is 4.58. The second-order valence-electron chi connectivity index (χ2n) is 3.24. The van der Waals surface area contributed by atoms with Gasteiger partial charge in [0.25, 0.3) is 0 Å². The Morgan fingerprint density at radius 1 is 1.62 bits per heavy atom. The fourth-order valence-corrected chi connectivity index (χ4v) is 1.99. The Labute approximate surface area is 83.4 Å². The standard InChI is InChI=1S/C9H17N3S/c1-4-8-7(3)12-9(13-8)11-5-6(2)10/h6H,4-5,10H2,1-3H3,(H,11,12)/t6-/m0/s1. The normalized spacial score (nSPS) is 12.9. The summed E-state index contributed by atoms with van der Waals surface area (Å²) in [7, 11) is 0. The Morgan fingerprint density at radius 3 is 2.77 bits per heavy atom. The Kier molecular flexibility index (Phi) is 3.69. The van der Waals surface area contributed by atoms with E-state index in [1.807, 2.05) is 13.8 Å². The van der Waals surface area contributed by atoms with Gasteiger partial charge in [-0.2, -0.15) is 0 Å². The first kappa shape index (κ1) is 10.5. The molecule has 1 aromatic rings. The van der Waals surface area contributed by atoms with Gasteiger partial charge in [0.15, 0.2) is 5.13 Å². The van der Waals surface area contributed by atoms with Crippen LogP contribution in [0.2, 0.25) is 0 Å². The van der Waals surface area contributed by atoms with Crippen LogP contribution in [0, 0.1) is 6.92 Å². The van der Waals surface area contributed by atoms with Crippen LogP contribution in [0.15, 0.2) is 0 Å². The summed E-state index contributed by atoms with van der Waals surface area (Å²) >= 11 is 1.72. The minimum absolute atomic E-state index is 0.175. The van der Waals surface area contributed by atoms with Crippen molar-refractivity contribution in [3.63, 3.8) is 0 Å². The number of aryl methyl sites for hydroxylation is 2. The van der Waals surface area contributed by atoms with Crippen LogP contribution < -0.4 is 11.1 Å². The Morgan fingerprint density at radius 2 is 2.31 bits per heavy atom. The van der Waals surface area contributed by atoms with E-state index in [4.69, 9.17) is 5.73 Å². The van der Waals surface area contributed by atoms with E-state index < -0.39 is 0 Å². The molecule has 0 amide bonds. The molecule has 0 saturated heterocycles. The SMILES string of the molecule is CCc1sc(NC[C@H](C)N)nc1C. The van der Waals surface area contributed by atoms with Crippen LogP contribution in [0.5, 0.6) is 0 Å². The maximum atomic E-state index is 5.63. The van der Waals surface area contributed by atoms with E-state index in [-0.39, 0.29) is 6.04 Å². The number of rotatable bonds is 4. The molecule has 3 N–H and O–H groups in total. The second-order valence-corrected chi connectivity index (χ2v) is 4.32. The first-order valence-electron chi connectivity index (χ1n) is 4.59. The van der Waals surface area contributed by atoms with Crippen LogP contribution in [0.1, 0.15) is 24.4 Å². The largest absolute Gasteiger partial charge is 0.360 e. The van der Waals surface area contributed by atoms with Crippen molar-refractivity contribution in [2.75, 3.05) is 11.9 Å². The third-order valence-electron chi connectivity index (χ3n) is 1.79. The van der Waals surface area contributed by atoms with Gasteiger partial charge in [-0.25, -0.2) is 4.98 Å². The molecule has 0 aliphatic rings. The summed E-state index contributed by atoms with van der Waals surface area (Å²) in [6.07, 6.45) is 1.06. The molecule has 1 atom stereocenters. The zero-order valence-electron chi connectivity index (χ0n) is 8.42. The zero-order valence-corrected chi connectivity index (χ0v) is 9.24. The van der Waals surface area contributed by atoms with E-state index >= 15 is 0 Å². The van der Waals surface area contributed by atoms with Gasteiger partial charge in [-0.05, 0) is 20.3 Å².